The van der Waals surface area contributed by atoms with E-state index in [0.29, 0.717) is 4.25 Å². The molecule has 0 spiro atoms. The Hall–Kier alpha value is 0.543. The van der Waals surface area contributed by atoms with Crippen LogP contribution in [0.25, 0.3) is 0 Å². The molecule has 0 aliphatic rings. The van der Waals surface area contributed by atoms with Gasteiger partial charge >= 0.3 is 68.4 Å². The van der Waals surface area contributed by atoms with Gasteiger partial charge in [-0.2, -0.15) is 0 Å². The second kappa shape index (κ2) is 2.88. The first-order chi connectivity index (χ1) is 4.19. The zero-order chi connectivity index (χ0) is 8.58. The van der Waals surface area contributed by atoms with Crippen molar-refractivity contribution < 1.29 is 0 Å². The van der Waals surface area contributed by atoms with E-state index >= 15 is 0 Å². The zero-order valence-electron chi connectivity index (χ0n) is 8.58. The molecule has 0 unspecified atom stereocenters. The van der Waals surface area contributed by atoms with E-state index in [4.69, 9.17) is 0 Å². The first-order valence-corrected chi connectivity index (χ1v) is 11.5. The predicted molar refractivity (Wildman–Crippen MR) is 52.2 cm³/mol. The fraction of sp³-hybridized carbons (Fsp3) is 1.00. The Morgan fingerprint density at radius 1 is 1.00 bits per heavy atom. The van der Waals surface area contributed by atoms with Crippen LogP contribution in [0.3, 0.4) is 0 Å². The molecule has 10 heavy (non-hydrogen) atoms. The fourth-order valence-electron chi connectivity index (χ4n) is 0.866. The molecule has 0 aliphatic heterocycles. The van der Waals surface area contributed by atoms with Crippen LogP contribution >= 0.6 is 0 Å². The summed E-state index contributed by atoms with van der Waals surface area (Å²) in [5.41, 5.74) is 0. The molecule has 62 valence electrons. The third-order valence-corrected chi connectivity index (χ3v) is 12.7. The maximum atomic E-state index is 2.50. The topological polar surface area (TPSA) is 0 Å². The number of hydrogen-bond donors (Lipinski definition) is 0. The number of rotatable bonds is 2. The van der Waals surface area contributed by atoms with Gasteiger partial charge in [-0.25, -0.2) is 0 Å². The van der Waals surface area contributed by atoms with Crippen LogP contribution in [0.15, 0.2) is 0 Å². The van der Waals surface area contributed by atoms with Crippen LogP contribution in [0.4, 0.5) is 0 Å². The fourth-order valence-corrected chi connectivity index (χ4v) is 4.50. The minimum absolute atomic E-state index is 0.625. The van der Waals surface area contributed by atoms with E-state index in [1.54, 1.807) is 0 Å². The summed E-state index contributed by atoms with van der Waals surface area (Å²) < 4.78 is 0.625. The molecule has 0 aromatic rings. The van der Waals surface area contributed by atoms with Crippen LogP contribution in [0.2, 0.25) is 21.5 Å². The van der Waals surface area contributed by atoms with Gasteiger partial charge in [-0.1, -0.05) is 0 Å². The maximum absolute atomic E-state index is 2.50. The standard InChI is InChI=1S/C9H22Ge/c1-8(2)9(3,4)10(5,6)7/h8H,1-7H3. The van der Waals surface area contributed by atoms with Crippen molar-refractivity contribution in [3.05, 3.63) is 0 Å². The summed E-state index contributed by atoms with van der Waals surface area (Å²) >= 11 is -1.43. The average Bonchev–Trinajstić information content (AvgIpc) is 1.62. The number of hydrogen-bond acceptors (Lipinski definition) is 0. The van der Waals surface area contributed by atoms with Crippen LogP contribution in [-0.2, 0) is 0 Å². The van der Waals surface area contributed by atoms with Crippen LogP contribution < -0.4 is 0 Å². The molecule has 0 aromatic carbocycles. The normalized spacial score (nSPS) is 14.4. The van der Waals surface area contributed by atoms with Crippen molar-refractivity contribution in [3.8, 4) is 0 Å². The first-order valence-electron chi connectivity index (χ1n) is 4.19. The molecule has 0 amide bonds. The monoisotopic (exact) mass is 204 g/mol. The molecule has 0 fully saturated rings. The van der Waals surface area contributed by atoms with Crippen molar-refractivity contribution in [2.45, 2.75) is 49.2 Å². The third-order valence-electron chi connectivity index (χ3n) is 3.38. The van der Waals surface area contributed by atoms with Gasteiger partial charge in [-0.15, -0.1) is 0 Å². The molecule has 0 saturated carbocycles. The first kappa shape index (κ1) is 10.5. The van der Waals surface area contributed by atoms with Gasteiger partial charge in [0.15, 0.2) is 0 Å². The molecule has 0 bridgehead atoms. The molecule has 0 aliphatic carbocycles. The summed E-state index contributed by atoms with van der Waals surface area (Å²) in [6, 6.07) is 0. The molecule has 0 radical (unpaired) electrons. The van der Waals surface area contributed by atoms with Crippen LogP contribution in [-0.4, -0.2) is 13.3 Å². The average molecular weight is 203 g/mol. The third kappa shape index (κ3) is 2.01. The summed E-state index contributed by atoms with van der Waals surface area (Å²) in [4.78, 5) is 0. The SMILES string of the molecule is CC(C)[C](C)(C)[Ge]([CH3])([CH3])[CH3]. The Kier molecular flexibility index (Phi) is 3.04. The van der Waals surface area contributed by atoms with Gasteiger partial charge in [0.1, 0.15) is 0 Å². The Bertz CT molecular complexity index is 106. The van der Waals surface area contributed by atoms with E-state index < -0.39 is 13.3 Å². The van der Waals surface area contributed by atoms with Gasteiger partial charge in [-0.05, 0) is 0 Å². The van der Waals surface area contributed by atoms with Crippen molar-refractivity contribution in [3.63, 3.8) is 0 Å². The summed E-state index contributed by atoms with van der Waals surface area (Å²) in [5, 5.41) is 0. The Morgan fingerprint density at radius 2 is 1.30 bits per heavy atom. The Balaban J connectivity index is 4.40. The van der Waals surface area contributed by atoms with E-state index in [2.05, 4.69) is 45.0 Å². The van der Waals surface area contributed by atoms with Crippen molar-refractivity contribution in [1.82, 2.24) is 0 Å². The Labute approximate surface area is 68.8 Å². The molecule has 0 aromatic heterocycles. The van der Waals surface area contributed by atoms with Crippen molar-refractivity contribution in [1.29, 1.82) is 0 Å². The molecule has 0 nitrogen and oxygen atoms in total. The van der Waals surface area contributed by atoms with Crippen LogP contribution in [0.1, 0.15) is 27.7 Å². The molecule has 0 heterocycles. The molecule has 0 saturated heterocycles. The summed E-state index contributed by atoms with van der Waals surface area (Å²) in [5.74, 6) is 8.34. The van der Waals surface area contributed by atoms with Crippen molar-refractivity contribution >= 4 is 13.3 Å². The zero-order valence-corrected chi connectivity index (χ0v) is 10.7. The van der Waals surface area contributed by atoms with E-state index in [9.17, 15) is 0 Å². The van der Waals surface area contributed by atoms with Gasteiger partial charge in [0.05, 0.1) is 0 Å². The van der Waals surface area contributed by atoms with E-state index in [1.165, 1.54) is 0 Å². The molecule has 0 N–H and O–H groups in total. The van der Waals surface area contributed by atoms with Gasteiger partial charge in [-0.3, -0.25) is 0 Å². The van der Waals surface area contributed by atoms with E-state index in [-0.39, 0.29) is 0 Å². The van der Waals surface area contributed by atoms with E-state index in [0.717, 1.165) is 5.92 Å². The summed E-state index contributed by atoms with van der Waals surface area (Å²) in [6.45, 7) is 9.54. The minimum atomic E-state index is -1.43. The van der Waals surface area contributed by atoms with Crippen molar-refractivity contribution in [2.75, 3.05) is 0 Å². The second-order valence-corrected chi connectivity index (χ2v) is 17.3. The van der Waals surface area contributed by atoms with Crippen LogP contribution in [0.5, 0.6) is 0 Å². The molecular formula is C9H22Ge. The molecule has 0 rings (SSSR count). The predicted octanol–water partition coefficient (Wildman–Crippen LogP) is 3.76. The summed E-state index contributed by atoms with van der Waals surface area (Å²) in [7, 11) is 0. The molecular weight excluding hydrogens is 181 g/mol. The van der Waals surface area contributed by atoms with Crippen molar-refractivity contribution in [2.24, 2.45) is 5.92 Å². The second-order valence-electron chi connectivity index (χ2n) is 5.13. The van der Waals surface area contributed by atoms with Crippen LogP contribution in [0, 0.1) is 5.92 Å². The van der Waals surface area contributed by atoms with Gasteiger partial charge in [0.25, 0.3) is 0 Å². The molecule has 1 heteroatoms. The summed E-state index contributed by atoms with van der Waals surface area (Å²) in [6.07, 6.45) is 0. The quantitative estimate of drug-likeness (QED) is 0.599. The van der Waals surface area contributed by atoms with Gasteiger partial charge in [0, 0.05) is 0 Å². The molecule has 0 atom stereocenters. The van der Waals surface area contributed by atoms with Gasteiger partial charge in [0.2, 0.25) is 0 Å². The van der Waals surface area contributed by atoms with Gasteiger partial charge < -0.3 is 0 Å². The van der Waals surface area contributed by atoms with E-state index in [1.807, 2.05) is 0 Å². The Morgan fingerprint density at radius 3 is 1.30 bits per heavy atom.